The molecule has 12 heteroatoms. The van der Waals surface area contributed by atoms with Gasteiger partial charge in [0.15, 0.2) is 6.10 Å². The van der Waals surface area contributed by atoms with E-state index < -0.39 is 44.1 Å². The Balaban J connectivity index is 0. The molecule has 0 aliphatic carbocycles. The number of aliphatic hydroxyl groups is 3. The van der Waals surface area contributed by atoms with Crippen LogP contribution in [0.3, 0.4) is 0 Å². The Morgan fingerprint density at radius 1 is 1.44 bits per heavy atom. The van der Waals surface area contributed by atoms with Crippen LogP contribution in [0.15, 0.2) is 11.5 Å². The molecule has 0 aromatic rings. The van der Waals surface area contributed by atoms with E-state index in [1.54, 1.807) is 0 Å². The minimum absolute atomic E-state index is 0. The first kappa shape index (κ1) is 21.4. The molecule has 18 heavy (non-hydrogen) atoms. The first-order valence-electron chi connectivity index (χ1n) is 3.94. The van der Waals surface area contributed by atoms with Gasteiger partial charge in [-0.15, -0.1) is 0 Å². The molecule has 1 heterocycles. The Labute approximate surface area is 153 Å². The Bertz CT molecular complexity index is 379. The van der Waals surface area contributed by atoms with Gasteiger partial charge in [0.2, 0.25) is 11.5 Å². The van der Waals surface area contributed by atoms with Crippen LogP contribution in [-0.2, 0) is 18.6 Å². The molecule has 2 atom stereocenters. The van der Waals surface area contributed by atoms with Crippen molar-refractivity contribution in [1.82, 2.24) is 0 Å². The zero-order chi connectivity index (χ0) is 12.5. The zero-order valence-corrected chi connectivity index (χ0v) is 8.57. The van der Waals surface area contributed by atoms with E-state index in [1.807, 2.05) is 0 Å². The Morgan fingerprint density at radius 2 is 1.94 bits per heavy atom. The van der Waals surface area contributed by atoms with Crippen LogP contribution in [0.5, 0.6) is 0 Å². The number of ether oxygens (including phenoxy) is 1. The molecule has 0 fully saturated rings. The standard InChI is InChI=1S/C6H9O9P.Ca.Na.3H/c7-1-2(8)4-5(15-16(11,12)13)3(9)6(10)14-4;;;;;/h2,4,7-9H,1H2,(H2,11,12,13);;;;;/t2-,4+;;;;;/m0...../s1. The van der Waals surface area contributed by atoms with Gasteiger partial charge in [-0.2, -0.15) is 0 Å². The van der Waals surface area contributed by atoms with Crippen LogP contribution in [-0.4, -0.2) is 117 Å². The van der Waals surface area contributed by atoms with Crippen molar-refractivity contribution in [3.8, 4) is 0 Å². The molecule has 5 N–H and O–H groups in total. The van der Waals surface area contributed by atoms with E-state index in [0.717, 1.165) is 0 Å². The molecule has 9 nitrogen and oxygen atoms in total. The number of phosphoric ester groups is 1. The number of carbonyl (C=O) groups is 1. The molecule has 1 aliphatic heterocycles. The summed E-state index contributed by atoms with van der Waals surface area (Å²) in [5.41, 5.74) is 0. The molecule has 1 aliphatic rings. The van der Waals surface area contributed by atoms with E-state index in [-0.39, 0.29) is 67.3 Å². The van der Waals surface area contributed by atoms with Crippen molar-refractivity contribution in [3.63, 3.8) is 0 Å². The molecule has 0 amide bonds. The van der Waals surface area contributed by atoms with Gasteiger partial charge < -0.3 is 24.6 Å². The predicted octanol–water partition coefficient (Wildman–Crippen LogP) is -3.42. The number of esters is 1. The summed E-state index contributed by atoms with van der Waals surface area (Å²) in [5, 5.41) is 26.8. The van der Waals surface area contributed by atoms with E-state index >= 15 is 0 Å². The second kappa shape index (κ2) is 8.43. The number of phosphoric acid groups is 1. The average molecular weight is 322 g/mol. The van der Waals surface area contributed by atoms with Crippen LogP contribution in [0.1, 0.15) is 0 Å². The second-order valence-electron chi connectivity index (χ2n) is 2.87. The van der Waals surface area contributed by atoms with Crippen molar-refractivity contribution in [1.29, 1.82) is 0 Å². The number of rotatable bonds is 4. The van der Waals surface area contributed by atoms with E-state index in [2.05, 4.69) is 9.26 Å². The molecule has 98 valence electrons. The maximum absolute atomic E-state index is 10.8. The van der Waals surface area contributed by atoms with Gasteiger partial charge in [0, 0.05) is 0 Å². The van der Waals surface area contributed by atoms with Crippen molar-refractivity contribution in [2.75, 3.05) is 6.61 Å². The minimum atomic E-state index is -5.01. The SMILES string of the molecule is O=C1O[C@H]([C@@H](O)CO)C(OP(=O)(O)O)=C1O.[CaH2].[NaH]. The fraction of sp³-hybridized carbons (Fsp3) is 0.500. The number of hydrogen-bond acceptors (Lipinski definition) is 7. The molecular formula is C6H12CaNaO9P. The van der Waals surface area contributed by atoms with Crippen LogP contribution >= 0.6 is 7.82 Å². The maximum atomic E-state index is 10.8. The molecule has 1 rings (SSSR count). The number of cyclic esters (lactones) is 1. The van der Waals surface area contributed by atoms with Gasteiger partial charge in [-0.1, -0.05) is 0 Å². The summed E-state index contributed by atoms with van der Waals surface area (Å²) in [4.78, 5) is 27.8. The Hall–Kier alpha value is 1.14. The number of aliphatic hydroxyl groups excluding tert-OH is 3. The van der Waals surface area contributed by atoms with Gasteiger partial charge in [0.05, 0.1) is 6.61 Å². The summed E-state index contributed by atoms with van der Waals surface area (Å²) in [6, 6.07) is 0. The summed E-state index contributed by atoms with van der Waals surface area (Å²) in [5.74, 6) is -3.36. The van der Waals surface area contributed by atoms with Crippen molar-refractivity contribution in [2.24, 2.45) is 0 Å². The van der Waals surface area contributed by atoms with E-state index in [1.165, 1.54) is 0 Å². The third-order valence-electron chi connectivity index (χ3n) is 1.67. The normalized spacial score (nSPS) is 20.7. The fourth-order valence-corrected chi connectivity index (χ4v) is 1.48. The monoisotopic (exact) mass is 322 g/mol. The summed E-state index contributed by atoms with van der Waals surface area (Å²) >= 11 is 0. The van der Waals surface area contributed by atoms with Gasteiger partial charge in [-0.25, -0.2) is 9.36 Å². The van der Waals surface area contributed by atoms with Crippen molar-refractivity contribution in [3.05, 3.63) is 11.5 Å². The Morgan fingerprint density at radius 3 is 2.33 bits per heavy atom. The van der Waals surface area contributed by atoms with E-state index in [9.17, 15) is 9.36 Å². The van der Waals surface area contributed by atoms with Crippen LogP contribution in [0.2, 0.25) is 0 Å². The molecule has 0 unspecified atom stereocenters. The third kappa shape index (κ3) is 5.64. The number of hydrogen-bond donors (Lipinski definition) is 5. The van der Waals surface area contributed by atoms with Gasteiger partial charge >= 0.3 is 81.1 Å². The average Bonchev–Trinajstić information content (AvgIpc) is 2.43. The molecule has 0 saturated carbocycles. The predicted molar refractivity (Wildman–Crippen MR) is 61.4 cm³/mol. The molecule has 0 bridgehead atoms. The van der Waals surface area contributed by atoms with Crippen LogP contribution in [0.25, 0.3) is 0 Å². The number of carbonyl (C=O) groups excluding carboxylic acids is 1. The topological polar surface area (TPSA) is 154 Å². The molecule has 0 saturated heterocycles. The quantitative estimate of drug-likeness (QED) is 0.202. The first-order chi connectivity index (χ1) is 7.26. The summed E-state index contributed by atoms with van der Waals surface area (Å²) in [7, 11) is -5.01. The summed E-state index contributed by atoms with van der Waals surface area (Å²) in [6.45, 7) is -0.848. The first-order valence-corrected chi connectivity index (χ1v) is 5.47. The second-order valence-corrected chi connectivity index (χ2v) is 4.03. The van der Waals surface area contributed by atoms with E-state index in [0.29, 0.717) is 0 Å². The zero-order valence-electron chi connectivity index (χ0n) is 7.68. The van der Waals surface area contributed by atoms with Crippen molar-refractivity contribution >= 4 is 81.1 Å². The summed E-state index contributed by atoms with van der Waals surface area (Å²) in [6.07, 6.45) is -3.31. The van der Waals surface area contributed by atoms with Crippen molar-refractivity contribution in [2.45, 2.75) is 12.2 Å². The molecule has 0 radical (unpaired) electrons. The van der Waals surface area contributed by atoms with Crippen LogP contribution in [0.4, 0.5) is 0 Å². The third-order valence-corrected chi connectivity index (χ3v) is 2.11. The van der Waals surface area contributed by atoms with Gasteiger partial charge in [0.25, 0.3) is 0 Å². The van der Waals surface area contributed by atoms with Crippen molar-refractivity contribution < 1.29 is 43.7 Å². The molecule has 0 aromatic heterocycles. The van der Waals surface area contributed by atoms with Crippen LogP contribution < -0.4 is 0 Å². The van der Waals surface area contributed by atoms with Gasteiger partial charge in [-0.05, 0) is 0 Å². The molecular weight excluding hydrogens is 310 g/mol. The van der Waals surface area contributed by atoms with Crippen LogP contribution in [0, 0.1) is 0 Å². The Kier molecular flexibility index (Phi) is 10.0. The summed E-state index contributed by atoms with van der Waals surface area (Å²) < 4.78 is 18.9. The van der Waals surface area contributed by atoms with E-state index in [4.69, 9.17) is 25.1 Å². The molecule has 0 spiro atoms. The molecule has 0 aromatic carbocycles. The van der Waals surface area contributed by atoms with Gasteiger partial charge in [0.1, 0.15) is 6.10 Å². The fourth-order valence-electron chi connectivity index (χ4n) is 1.03. The van der Waals surface area contributed by atoms with Gasteiger partial charge in [-0.3, -0.25) is 9.79 Å².